The number of rotatable bonds is 6. The number of morpholine rings is 1. The molecule has 30 heavy (non-hydrogen) atoms. The van der Waals surface area contributed by atoms with Crippen LogP contribution in [0.2, 0.25) is 10.0 Å². The Bertz CT molecular complexity index is 1050. The van der Waals surface area contributed by atoms with E-state index in [0.29, 0.717) is 23.9 Å². The maximum atomic E-state index is 12.7. The average molecular weight is 473 g/mol. The SMILES string of the molecule is O=C(COC(=O)c1cccc(S(=O)(=O)N2CCOCC2)c1)Nc1ccc(Cl)c(Cl)c1. The number of carbonyl (C=O) groups is 2. The quantitative estimate of drug-likeness (QED) is 0.648. The fourth-order valence-corrected chi connectivity index (χ4v) is 4.46. The summed E-state index contributed by atoms with van der Waals surface area (Å²) >= 11 is 11.7. The lowest BCUT2D eigenvalue weighted by molar-refractivity contribution is -0.119. The van der Waals surface area contributed by atoms with Gasteiger partial charge in [-0.25, -0.2) is 13.2 Å². The van der Waals surface area contributed by atoms with Gasteiger partial charge in [-0.2, -0.15) is 4.31 Å². The number of nitrogens with one attached hydrogen (secondary N) is 1. The Hall–Kier alpha value is -2.17. The van der Waals surface area contributed by atoms with Crippen LogP contribution in [0.5, 0.6) is 0 Å². The first-order chi connectivity index (χ1) is 14.3. The van der Waals surface area contributed by atoms with Crippen molar-refractivity contribution in [2.45, 2.75) is 4.90 Å². The Morgan fingerprint density at radius 1 is 1.07 bits per heavy atom. The summed E-state index contributed by atoms with van der Waals surface area (Å²) in [6.07, 6.45) is 0. The highest BCUT2D eigenvalue weighted by Gasteiger charge is 2.27. The molecule has 0 aliphatic carbocycles. The number of sulfonamides is 1. The molecule has 1 saturated heterocycles. The topological polar surface area (TPSA) is 102 Å². The number of hydrogen-bond acceptors (Lipinski definition) is 6. The highest BCUT2D eigenvalue weighted by Crippen LogP contribution is 2.25. The second-order valence-electron chi connectivity index (χ2n) is 6.30. The number of halogens is 2. The van der Waals surface area contributed by atoms with Crippen LogP contribution in [0.15, 0.2) is 47.4 Å². The van der Waals surface area contributed by atoms with Crippen LogP contribution >= 0.6 is 23.2 Å². The third-order valence-corrected chi connectivity index (χ3v) is 6.85. The van der Waals surface area contributed by atoms with Crippen molar-refractivity contribution < 1.29 is 27.5 Å². The first-order valence-corrected chi connectivity index (χ1v) is 11.1. The molecule has 0 spiro atoms. The molecule has 0 unspecified atom stereocenters. The minimum Gasteiger partial charge on any atom is -0.452 e. The summed E-state index contributed by atoms with van der Waals surface area (Å²) in [5.41, 5.74) is 0.413. The number of ether oxygens (including phenoxy) is 2. The van der Waals surface area contributed by atoms with Gasteiger partial charge in [-0.15, -0.1) is 0 Å². The van der Waals surface area contributed by atoms with Crippen LogP contribution in [0.3, 0.4) is 0 Å². The van der Waals surface area contributed by atoms with Crippen LogP contribution in [0.1, 0.15) is 10.4 Å². The van der Waals surface area contributed by atoms with Crippen LogP contribution in [-0.2, 0) is 24.3 Å². The predicted octanol–water partition coefficient (Wildman–Crippen LogP) is 2.81. The molecule has 0 radical (unpaired) electrons. The summed E-state index contributed by atoms with van der Waals surface area (Å²) in [4.78, 5) is 24.3. The Morgan fingerprint density at radius 2 is 1.80 bits per heavy atom. The highest BCUT2D eigenvalue weighted by atomic mass is 35.5. The maximum absolute atomic E-state index is 12.7. The smallest absolute Gasteiger partial charge is 0.338 e. The third-order valence-electron chi connectivity index (χ3n) is 4.22. The van der Waals surface area contributed by atoms with Gasteiger partial charge in [-0.3, -0.25) is 4.79 Å². The van der Waals surface area contributed by atoms with Gasteiger partial charge >= 0.3 is 5.97 Å². The highest BCUT2D eigenvalue weighted by molar-refractivity contribution is 7.89. The molecule has 1 aliphatic rings. The van der Waals surface area contributed by atoms with Gasteiger partial charge in [0.15, 0.2) is 6.61 Å². The zero-order valence-corrected chi connectivity index (χ0v) is 18.0. The van der Waals surface area contributed by atoms with E-state index < -0.39 is 28.5 Å². The van der Waals surface area contributed by atoms with Crippen LogP contribution < -0.4 is 5.32 Å². The molecule has 1 amide bonds. The second-order valence-corrected chi connectivity index (χ2v) is 9.05. The van der Waals surface area contributed by atoms with Gasteiger partial charge < -0.3 is 14.8 Å². The van der Waals surface area contributed by atoms with Gasteiger partial charge in [0.05, 0.1) is 33.7 Å². The zero-order chi connectivity index (χ0) is 21.7. The molecule has 2 aromatic rings. The first kappa shape index (κ1) is 22.5. The van der Waals surface area contributed by atoms with Gasteiger partial charge in [0.2, 0.25) is 10.0 Å². The van der Waals surface area contributed by atoms with Gasteiger partial charge in [-0.1, -0.05) is 29.3 Å². The van der Waals surface area contributed by atoms with Gasteiger partial charge in [0.25, 0.3) is 5.91 Å². The normalized spacial score (nSPS) is 14.9. The lowest BCUT2D eigenvalue weighted by Gasteiger charge is -2.26. The number of esters is 1. The molecule has 1 aliphatic heterocycles. The molecule has 0 aromatic heterocycles. The first-order valence-electron chi connectivity index (χ1n) is 8.87. The van der Waals surface area contributed by atoms with Crippen molar-refractivity contribution in [3.8, 4) is 0 Å². The molecular formula is C19H18Cl2N2O6S. The Kier molecular flexibility index (Phi) is 7.32. The van der Waals surface area contributed by atoms with Gasteiger partial charge in [0, 0.05) is 18.8 Å². The predicted molar refractivity (Wildman–Crippen MR) is 111 cm³/mol. The monoisotopic (exact) mass is 472 g/mol. The summed E-state index contributed by atoms with van der Waals surface area (Å²) in [6.45, 7) is 0.557. The van der Waals surface area contributed by atoms with E-state index in [4.69, 9.17) is 32.7 Å². The van der Waals surface area contributed by atoms with Crippen LogP contribution in [0.25, 0.3) is 0 Å². The van der Waals surface area contributed by atoms with Gasteiger partial charge in [-0.05, 0) is 36.4 Å². The Morgan fingerprint density at radius 3 is 2.50 bits per heavy atom. The van der Waals surface area contributed by atoms with Crippen molar-refractivity contribution in [3.05, 3.63) is 58.1 Å². The van der Waals surface area contributed by atoms with E-state index in [1.165, 1.54) is 40.7 Å². The lowest BCUT2D eigenvalue weighted by atomic mass is 10.2. The average Bonchev–Trinajstić information content (AvgIpc) is 2.75. The molecule has 160 valence electrons. The van der Waals surface area contributed by atoms with Crippen molar-refractivity contribution in [3.63, 3.8) is 0 Å². The van der Waals surface area contributed by atoms with Crippen LogP contribution in [-0.4, -0.2) is 57.5 Å². The van der Waals surface area contributed by atoms with Crippen molar-refractivity contribution >= 4 is 50.8 Å². The van der Waals surface area contributed by atoms with Crippen LogP contribution in [0, 0.1) is 0 Å². The van der Waals surface area contributed by atoms with E-state index in [-0.39, 0.29) is 28.6 Å². The van der Waals surface area contributed by atoms with E-state index in [1.54, 1.807) is 6.07 Å². The summed E-state index contributed by atoms with van der Waals surface area (Å²) in [6, 6.07) is 10.0. The Labute approximate surface area is 183 Å². The van der Waals surface area contributed by atoms with E-state index in [2.05, 4.69) is 5.32 Å². The van der Waals surface area contributed by atoms with E-state index in [9.17, 15) is 18.0 Å². The lowest BCUT2D eigenvalue weighted by Crippen LogP contribution is -2.40. The summed E-state index contributed by atoms with van der Waals surface area (Å²) < 4.78 is 36.9. The van der Waals surface area contributed by atoms with Crippen LogP contribution in [0.4, 0.5) is 5.69 Å². The van der Waals surface area contributed by atoms with Crippen molar-refractivity contribution in [1.29, 1.82) is 0 Å². The van der Waals surface area contributed by atoms with E-state index >= 15 is 0 Å². The molecule has 2 aromatic carbocycles. The number of anilines is 1. The molecule has 1 N–H and O–H groups in total. The molecule has 1 fully saturated rings. The number of amides is 1. The maximum Gasteiger partial charge on any atom is 0.338 e. The number of nitrogens with zero attached hydrogens (tertiary/aromatic N) is 1. The van der Waals surface area contributed by atoms with Crippen molar-refractivity contribution in [1.82, 2.24) is 4.31 Å². The standard InChI is InChI=1S/C19H18Cl2N2O6S/c20-16-5-4-14(11-17(16)21)22-18(24)12-29-19(25)13-2-1-3-15(10-13)30(26,27)23-6-8-28-9-7-23/h1-5,10-11H,6-9,12H2,(H,22,24). The fraction of sp³-hybridized carbons (Fsp3) is 0.263. The molecule has 0 atom stereocenters. The van der Waals surface area contributed by atoms with E-state index in [1.807, 2.05) is 0 Å². The molecule has 0 saturated carbocycles. The van der Waals surface area contributed by atoms with Crippen molar-refractivity contribution in [2.75, 3.05) is 38.2 Å². The Balaban J connectivity index is 1.62. The molecule has 1 heterocycles. The largest absolute Gasteiger partial charge is 0.452 e. The second kappa shape index (κ2) is 9.76. The molecular weight excluding hydrogens is 455 g/mol. The molecule has 11 heteroatoms. The minimum absolute atomic E-state index is 0.0201. The fourth-order valence-electron chi connectivity index (χ4n) is 2.70. The zero-order valence-electron chi connectivity index (χ0n) is 15.6. The molecule has 0 bridgehead atoms. The number of carbonyl (C=O) groups excluding carboxylic acids is 2. The summed E-state index contributed by atoms with van der Waals surface area (Å²) in [5.74, 6) is -1.41. The van der Waals surface area contributed by atoms with Gasteiger partial charge in [0.1, 0.15) is 0 Å². The third kappa shape index (κ3) is 5.50. The van der Waals surface area contributed by atoms with Crippen molar-refractivity contribution in [2.24, 2.45) is 0 Å². The number of benzene rings is 2. The minimum atomic E-state index is -3.75. The van der Waals surface area contributed by atoms with E-state index in [0.717, 1.165) is 0 Å². The summed E-state index contributed by atoms with van der Waals surface area (Å²) in [5, 5.41) is 3.13. The molecule has 3 rings (SSSR count). The number of hydrogen-bond donors (Lipinski definition) is 1. The summed E-state index contributed by atoms with van der Waals surface area (Å²) in [7, 11) is -3.75. The molecule has 8 nitrogen and oxygen atoms in total.